The van der Waals surface area contributed by atoms with Crippen LogP contribution in [0.1, 0.15) is 13.3 Å². The van der Waals surface area contributed by atoms with Crippen LogP contribution in [0.2, 0.25) is 0 Å². The number of anilines is 2. The summed E-state index contributed by atoms with van der Waals surface area (Å²) in [5.41, 5.74) is 1.16. The van der Waals surface area contributed by atoms with Crippen molar-refractivity contribution < 1.29 is 14.0 Å². The highest BCUT2D eigenvalue weighted by Crippen LogP contribution is 2.29. The molecular weight excluding hydrogens is 331 g/mol. The van der Waals surface area contributed by atoms with Crippen LogP contribution in [0.4, 0.5) is 15.2 Å². The predicted molar refractivity (Wildman–Crippen MR) is 91.4 cm³/mol. The zero-order valence-electron chi connectivity index (χ0n) is 13.1. The van der Waals surface area contributed by atoms with E-state index in [1.807, 2.05) is 0 Å². The molecule has 0 spiro atoms. The third-order valence-corrected chi connectivity index (χ3v) is 4.49. The third-order valence-electron chi connectivity index (χ3n) is 3.73. The van der Waals surface area contributed by atoms with Crippen LogP contribution >= 0.6 is 11.3 Å². The highest BCUT2D eigenvalue weighted by Gasteiger charge is 2.23. The summed E-state index contributed by atoms with van der Waals surface area (Å²) in [5, 5.41) is 10.6. The molecule has 0 aliphatic carbocycles. The van der Waals surface area contributed by atoms with Gasteiger partial charge in [-0.05, 0) is 31.2 Å². The number of rotatable bonds is 4. The fourth-order valence-electron chi connectivity index (χ4n) is 2.54. The Balaban J connectivity index is 1.73. The summed E-state index contributed by atoms with van der Waals surface area (Å²) in [6.45, 7) is 2.87. The second kappa shape index (κ2) is 7.06. The zero-order valence-corrected chi connectivity index (χ0v) is 13.9. The molecule has 1 atom stereocenters. The van der Waals surface area contributed by atoms with Crippen LogP contribution in [0.25, 0.3) is 11.3 Å². The van der Waals surface area contributed by atoms with E-state index in [1.165, 1.54) is 24.3 Å². The van der Waals surface area contributed by atoms with E-state index in [1.54, 1.807) is 17.5 Å². The molecule has 0 radical (unpaired) electrons. The van der Waals surface area contributed by atoms with Gasteiger partial charge in [0.15, 0.2) is 5.13 Å². The topological polar surface area (TPSA) is 83.1 Å². The van der Waals surface area contributed by atoms with E-state index in [2.05, 4.69) is 20.9 Å². The summed E-state index contributed by atoms with van der Waals surface area (Å²) in [7, 11) is 0. The normalized spacial score (nSPS) is 16.8. The molecule has 1 aromatic heterocycles. The Kier molecular flexibility index (Phi) is 4.86. The van der Waals surface area contributed by atoms with E-state index in [-0.39, 0.29) is 17.7 Å². The lowest BCUT2D eigenvalue weighted by atomic mass is 10.1. The smallest absolute Gasteiger partial charge is 0.230 e. The van der Waals surface area contributed by atoms with Crippen LogP contribution in [-0.4, -0.2) is 29.9 Å². The van der Waals surface area contributed by atoms with Crippen LogP contribution in [-0.2, 0) is 9.59 Å². The molecule has 1 aliphatic rings. The molecule has 1 aromatic carbocycles. The molecule has 1 unspecified atom stereocenters. The lowest BCUT2D eigenvalue weighted by Gasteiger charge is -2.07. The summed E-state index contributed by atoms with van der Waals surface area (Å²) in [6, 6.07) is 4.42. The Morgan fingerprint density at radius 3 is 2.88 bits per heavy atom. The second-order valence-corrected chi connectivity index (χ2v) is 6.45. The zero-order chi connectivity index (χ0) is 17.1. The first kappa shape index (κ1) is 16.5. The van der Waals surface area contributed by atoms with Crippen molar-refractivity contribution in [2.24, 2.45) is 5.92 Å². The van der Waals surface area contributed by atoms with Gasteiger partial charge in [0.25, 0.3) is 0 Å². The molecule has 126 valence electrons. The number of hydrogen-bond acceptors (Lipinski definition) is 5. The van der Waals surface area contributed by atoms with E-state index in [0.29, 0.717) is 28.6 Å². The van der Waals surface area contributed by atoms with Gasteiger partial charge in [-0.1, -0.05) is 0 Å². The van der Waals surface area contributed by atoms with Gasteiger partial charge < -0.3 is 16.0 Å². The molecule has 2 amide bonds. The van der Waals surface area contributed by atoms with Crippen molar-refractivity contribution in [3.05, 3.63) is 29.4 Å². The van der Waals surface area contributed by atoms with Gasteiger partial charge >= 0.3 is 0 Å². The minimum absolute atomic E-state index is 0.0500. The number of carbonyl (C=O) groups is 2. The van der Waals surface area contributed by atoms with Crippen LogP contribution in [0.3, 0.4) is 0 Å². The van der Waals surface area contributed by atoms with Crippen LogP contribution in [0, 0.1) is 11.7 Å². The largest absolute Gasteiger partial charge is 0.326 e. The van der Waals surface area contributed by atoms with Crippen LogP contribution in [0.15, 0.2) is 23.6 Å². The molecule has 3 N–H and O–H groups in total. The number of nitrogens with zero attached hydrogens (tertiary/aromatic N) is 1. The molecule has 6 nitrogen and oxygen atoms in total. The number of benzene rings is 1. The number of halogens is 1. The van der Waals surface area contributed by atoms with Crippen LogP contribution < -0.4 is 16.0 Å². The standard InChI is InChI=1S/C16H17FN4O2S/c1-9(22)19-11-2-3-12(13(17)6-11)14-8-24-16(20-14)21-15(23)10-4-5-18-7-10/h2-3,6,8,10,18H,4-5,7H2,1H3,(H,19,22)(H,20,21,23). The first-order valence-electron chi connectivity index (χ1n) is 7.57. The van der Waals surface area contributed by atoms with Crippen molar-refractivity contribution >= 4 is 34.0 Å². The molecule has 1 aliphatic heterocycles. The number of nitrogens with one attached hydrogen (secondary N) is 3. The quantitative estimate of drug-likeness (QED) is 0.793. The predicted octanol–water partition coefficient (Wildman–Crippen LogP) is 2.46. The maximum Gasteiger partial charge on any atom is 0.230 e. The average Bonchev–Trinajstić information content (AvgIpc) is 3.18. The summed E-state index contributed by atoms with van der Waals surface area (Å²) in [6.07, 6.45) is 0.809. The van der Waals surface area contributed by atoms with Crippen molar-refractivity contribution in [1.29, 1.82) is 0 Å². The Hall–Kier alpha value is -2.32. The summed E-state index contributed by atoms with van der Waals surface area (Å²) < 4.78 is 14.2. The van der Waals surface area contributed by atoms with Gasteiger partial charge in [-0.3, -0.25) is 9.59 Å². The van der Waals surface area contributed by atoms with E-state index < -0.39 is 5.82 Å². The number of thiazole rings is 1. The van der Waals surface area contributed by atoms with Crippen LogP contribution in [0.5, 0.6) is 0 Å². The Morgan fingerprint density at radius 2 is 2.21 bits per heavy atom. The Labute approximate surface area is 142 Å². The average molecular weight is 348 g/mol. The van der Waals surface area contributed by atoms with Crippen molar-refractivity contribution in [1.82, 2.24) is 10.3 Å². The van der Waals surface area contributed by atoms with Crippen molar-refractivity contribution in [2.45, 2.75) is 13.3 Å². The van der Waals surface area contributed by atoms with E-state index in [0.717, 1.165) is 13.0 Å². The highest BCUT2D eigenvalue weighted by atomic mass is 32.1. The van der Waals surface area contributed by atoms with Gasteiger partial charge in [-0.2, -0.15) is 0 Å². The first-order valence-corrected chi connectivity index (χ1v) is 8.45. The minimum atomic E-state index is -0.482. The number of carbonyl (C=O) groups excluding carboxylic acids is 2. The van der Waals surface area contributed by atoms with Crippen molar-refractivity contribution in [3.63, 3.8) is 0 Å². The second-order valence-electron chi connectivity index (χ2n) is 5.59. The molecule has 2 heterocycles. The fraction of sp³-hybridized carbons (Fsp3) is 0.312. The number of amides is 2. The molecule has 1 saturated heterocycles. The van der Waals surface area contributed by atoms with E-state index >= 15 is 0 Å². The van der Waals surface area contributed by atoms with Crippen molar-refractivity contribution in [2.75, 3.05) is 23.7 Å². The van der Waals surface area contributed by atoms with Gasteiger partial charge in [0.1, 0.15) is 5.82 Å². The summed E-state index contributed by atoms with van der Waals surface area (Å²) in [4.78, 5) is 27.4. The maximum atomic E-state index is 14.2. The molecule has 24 heavy (non-hydrogen) atoms. The number of hydrogen-bond donors (Lipinski definition) is 3. The fourth-order valence-corrected chi connectivity index (χ4v) is 3.26. The molecule has 1 fully saturated rings. The van der Waals surface area contributed by atoms with Gasteiger partial charge in [0.05, 0.1) is 11.6 Å². The Bertz CT molecular complexity index is 771. The number of aromatic nitrogens is 1. The molecule has 8 heteroatoms. The summed E-state index contributed by atoms with van der Waals surface area (Å²) in [5.74, 6) is -0.861. The summed E-state index contributed by atoms with van der Waals surface area (Å²) >= 11 is 1.26. The monoisotopic (exact) mass is 348 g/mol. The molecule has 2 aromatic rings. The molecule has 0 saturated carbocycles. The lowest BCUT2D eigenvalue weighted by molar-refractivity contribution is -0.119. The molecule has 3 rings (SSSR count). The van der Waals surface area contributed by atoms with E-state index in [4.69, 9.17) is 0 Å². The van der Waals surface area contributed by atoms with Gasteiger partial charge in [-0.15, -0.1) is 11.3 Å². The molecule has 0 bridgehead atoms. The first-order chi connectivity index (χ1) is 11.5. The maximum absolute atomic E-state index is 14.2. The third kappa shape index (κ3) is 3.77. The molecular formula is C16H17FN4O2S. The van der Waals surface area contributed by atoms with Gasteiger partial charge in [-0.25, -0.2) is 9.37 Å². The minimum Gasteiger partial charge on any atom is -0.326 e. The SMILES string of the molecule is CC(=O)Nc1ccc(-c2csc(NC(=O)C3CCNC3)n2)c(F)c1. The van der Waals surface area contributed by atoms with Crippen molar-refractivity contribution in [3.8, 4) is 11.3 Å². The van der Waals surface area contributed by atoms with Gasteiger partial charge in [0.2, 0.25) is 11.8 Å². The highest BCUT2D eigenvalue weighted by molar-refractivity contribution is 7.14. The van der Waals surface area contributed by atoms with E-state index in [9.17, 15) is 14.0 Å². The Morgan fingerprint density at radius 1 is 1.38 bits per heavy atom. The van der Waals surface area contributed by atoms with Gasteiger partial charge in [0, 0.05) is 30.1 Å². The lowest BCUT2D eigenvalue weighted by Crippen LogP contribution is -2.24.